The largest absolute Gasteiger partial charge is 0.494 e. The lowest BCUT2D eigenvalue weighted by Crippen LogP contribution is -2.21. The van der Waals surface area contributed by atoms with Crippen molar-refractivity contribution in [3.8, 4) is 5.75 Å². The van der Waals surface area contributed by atoms with Crippen LogP contribution in [-0.2, 0) is 0 Å². The van der Waals surface area contributed by atoms with Gasteiger partial charge in [0.1, 0.15) is 22.6 Å². The third kappa shape index (κ3) is 3.18. The van der Waals surface area contributed by atoms with Gasteiger partial charge in [-0.15, -0.1) is 0 Å². The molecule has 2 N–H and O–H groups in total. The highest BCUT2D eigenvalue weighted by molar-refractivity contribution is 5.95. The molecule has 8 nitrogen and oxygen atoms in total. The van der Waals surface area contributed by atoms with E-state index < -0.39 is 10.8 Å². The van der Waals surface area contributed by atoms with Crippen LogP contribution in [0, 0.1) is 10.1 Å². The minimum absolute atomic E-state index is 0.00152. The summed E-state index contributed by atoms with van der Waals surface area (Å²) >= 11 is 0. The zero-order chi connectivity index (χ0) is 18.0. The summed E-state index contributed by atoms with van der Waals surface area (Å²) in [6.45, 7) is 0. The molecule has 126 valence electrons. The topological polar surface area (TPSA) is 121 Å². The molecule has 1 amide bonds. The van der Waals surface area contributed by atoms with Crippen molar-refractivity contribution < 1.29 is 18.9 Å². The molecule has 0 aliphatic heterocycles. The van der Waals surface area contributed by atoms with Crippen LogP contribution in [0.3, 0.4) is 0 Å². The lowest BCUT2D eigenvalue weighted by atomic mass is 10.1. The first-order valence-corrected chi connectivity index (χ1v) is 7.19. The number of hydrogen-bond donors (Lipinski definition) is 1. The van der Waals surface area contributed by atoms with Gasteiger partial charge < -0.3 is 14.9 Å². The highest BCUT2D eigenvalue weighted by Gasteiger charge is 2.13. The molecule has 0 spiro atoms. The number of carbonyl (C=O) groups is 1. The van der Waals surface area contributed by atoms with E-state index in [4.69, 9.17) is 14.9 Å². The molecule has 1 aromatic heterocycles. The Morgan fingerprint density at radius 2 is 2.00 bits per heavy atom. The number of ether oxygens (including phenoxy) is 1. The average Bonchev–Trinajstić information content (AvgIpc) is 2.61. The second-order valence-corrected chi connectivity index (χ2v) is 5.09. The summed E-state index contributed by atoms with van der Waals surface area (Å²) in [6, 6.07) is 12.4. The zero-order valence-electron chi connectivity index (χ0n) is 13.1. The molecule has 0 atom stereocenters. The van der Waals surface area contributed by atoms with Crippen molar-refractivity contribution in [2.45, 2.75) is 0 Å². The number of amides is 1. The molecule has 3 rings (SSSR count). The smallest absolute Gasteiger partial charge is 0.270 e. The summed E-state index contributed by atoms with van der Waals surface area (Å²) < 4.78 is 10.9. The Morgan fingerprint density at radius 1 is 1.24 bits per heavy atom. The highest BCUT2D eigenvalue weighted by Crippen LogP contribution is 2.26. The monoisotopic (exact) mass is 339 g/mol. The van der Waals surface area contributed by atoms with Crippen molar-refractivity contribution in [2.24, 2.45) is 10.7 Å². The van der Waals surface area contributed by atoms with E-state index in [0.717, 1.165) is 0 Å². The third-order valence-corrected chi connectivity index (χ3v) is 3.51. The molecule has 1 heterocycles. The predicted octanol–water partition coefficient (Wildman–Crippen LogP) is 2.68. The summed E-state index contributed by atoms with van der Waals surface area (Å²) in [5.74, 6) is -0.261. The number of fused-ring (bicyclic) bond motifs is 1. The molecule has 0 aliphatic carbocycles. The molecular weight excluding hydrogens is 326 g/mol. The molecule has 0 unspecified atom stereocenters. The Hall–Kier alpha value is -3.68. The second-order valence-electron chi connectivity index (χ2n) is 5.09. The fourth-order valence-corrected chi connectivity index (χ4v) is 2.32. The summed E-state index contributed by atoms with van der Waals surface area (Å²) in [5, 5.41) is 11.3. The molecule has 0 saturated carbocycles. The van der Waals surface area contributed by atoms with Gasteiger partial charge in [0.25, 0.3) is 11.6 Å². The number of hydrogen-bond acceptors (Lipinski definition) is 6. The Labute approximate surface area is 141 Å². The number of benzene rings is 2. The SMILES string of the molecule is COc1ccccc1N=c1oc2ccc([N+](=O)[O-])cc2cc1C(N)=O. The Kier molecular flexibility index (Phi) is 4.17. The molecule has 0 fully saturated rings. The lowest BCUT2D eigenvalue weighted by molar-refractivity contribution is -0.384. The van der Waals surface area contributed by atoms with Gasteiger partial charge in [-0.3, -0.25) is 14.9 Å². The van der Waals surface area contributed by atoms with Crippen molar-refractivity contribution in [3.63, 3.8) is 0 Å². The Morgan fingerprint density at radius 3 is 2.68 bits per heavy atom. The minimum Gasteiger partial charge on any atom is -0.494 e. The molecule has 0 aliphatic rings. The molecule has 0 bridgehead atoms. The van der Waals surface area contributed by atoms with E-state index in [-0.39, 0.29) is 16.8 Å². The van der Waals surface area contributed by atoms with Crippen LogP contribution >= 0.6 is 0 Å². The first-order valence-electron chi connectivity index (χ1n) is 7.19. The number of carbonyl (C=O) groups excluding carboxylic acids is 1. The number of nitro groups is 1. The van der Waals surface area contributed by atoms with E-state index in [1.165, 1.54) is 31.4 Å². The normalized spacial score (nSPS) is 11.5. The Balaban J connectivity index is 2.28. The van der Waals surface area contributed by atoms with Crippen LogP contribution in [0.15, 0.2) is 57.9 Å². The number of primary amides is 1. The number of non-ortho nitro benzene ring substituents is 1. The molecule has 0 saturated heterocycles. The fourth-order valence-electron chi connectivity index (χ4n) is 2.32. The summed E-state index contributed by atoms with van der Waals surface area (Å²) in [6.07, 6.45) is 0. The number of methoxy groups -OCH3 is 1. The van der Waals surface area contributed by atoms with Gasteiger partial charge >= 0.3 is 0 Å². The summed E-state index contributed by atoms with van der Waals surface area (Å²) in [4.78, 5) is 26.4. The van der Waals surface area contributed by atoms with Crippen LogP contribution in [0.4, 0.5) is 11.4 Å². The first-order chi connectivity index (χ1) is 12.0. The van der Waals surface area contributed by atoms with Gasteiger partial charge in [-0.1, -0.05) is 12.1 Å². The maximum absolute atomic E-state index is 11.8. The molecule has 25 heavy (non-hydrogen) atoms. The van der Waals surface area contributed by atoms with Crippen LogP contribution in [-0.4, -0.2) is 17.9 Å². The van der Waals surface area contributed by atoms with Crippen LogP contribution in [0.1, 0.15) is 10.4 Å². The highest BCUT2D eigenvalue weighted by atomic mass is 16.6. The average molecular weight is 339 g/mol. The van der Waals surface area contributed by atoms with Crippen LogP contribution in [0.2, 0.25) is 0 Å². The number of nitrogens with zero attached hydrogens (tertiary/aromatic N) is 2. The van der Waals surface area contributed by atoms with Gasteiger partial charge in [-0.05, 0) is 24.3 Å². The number of rotatable bonds is 4. The predicted molar refractivity (Wildman–Crippen MR) is 89.6 cm³/mol. The van der Waals surface area contributed by atoms with Crippen molar-refractivity contribution in [2.75, 3.05) is 7.11 Å². The standard InChI is InChI=1S/C17H13N3O5/c1-24-15-5-3-2-4-13(15)19-17-12(16(18)21)9-10-8-11(20(22)23)6-7-14(10)25-17/h2-9H,1H3,(H2,18,21). The van der Waals surface area contributed by atoms with Gasteiger partial charge in [0.05, 0.1) is 12.0 Å². The fraction of sp³-hybridized carbons (Fsp3) is 0.0588. The van der Waals surface area contributed by atoms with Crippen LogP contribution < -0.4 is 16.0 Å². The van der Waals surface area contributed by atoms with Gasteiger partial charge in [0.15, 0.2) is 0 Å². The van der Waals surface area contributed by atoms with E-state index in [2.05, 4.69) is 4.99 Å². The second kappa shape index (κ2) is 6.44. The minimum atomic E-state index is -0.759. The molecular formula is C17H13N3O5. The third-order valence-electron chi connectivity index (χ3n) is 3.51. The van der Waals surface area contributed by atoms with Crippen molar-refractivity contribution >= 4 is 28.3 Å². The summed E-state index contributed by atoms with van der Waals surface area (Å²) in [7, 11) is 1.50. The van der Waals surface area contributed by atoms with E-state index >= 15 is 0 Å². The van der Waals surface area contributed by atoms with E-state index in [1.807, 2.05) is 0 Å². The molecule has 3 aromatic rings. The van der Waals surface area contributed by atoms with E-state index in [1.54, 1.807) is 24.3 Å². The van der Waals surface area contributed by atoms with Crippen LogP contribution in [0.25, 0.3) is 11.0 Å². The van der Waals surface area contributed by atoms with Crippen molar-refractivity contribution in [1.82, 2.24) is 0 Å². The van der Waals surface area contributed by atoms with E-state index in [0.29, 0.717) is 22.4 Å². The molecule has 0 radical (unpaired) electrons. The number of nitro benzene ring substituents is 1. The van der Waals surface area contributed by atoms with Crippen molar-refractivity contribution in [3.05, 3.63) is 69.8 Å². The lowest BCUT2D eigenvalue weighted by Gasteiger charge is -2.05. The maximum atomic E-state index is 11.8. The maximum Gasteiger partial charge on any atom is 0.270 e. The van der Waals surface area contributed by atoms with Gasteiger partial charge in [-0.2, -0.15) is 0 Å². The molecule has 2 aromatic carbocycles. The first kappa shape index (κ1) is 16.2. The Bertz CT molecular complexity index is 1060. The van der Waals surface area contributed by atoms with Crippen LogP contribution in [0.5, 0.6) is 5.75 Å². The van der Waals surface area contributed by atoms with Gasteiger partial charge in [0, 0.05) is 17.5 Å². The zero-order valence-corrected chi connectivity index (χ0v) is 13.1. The van der Waals surface area contributed by atoms with Gasteiger partial charge in [-0.25, -0.2) is 4.99 Å². The summed E-state index contributed by atoms with van der Waals surface area (Å²) in [5.41, 5.74) is 6.09. The molecule has 8 heteroatoms. The number of para-hydroxylation sites is 2. The number of nitrogens with two attached hydrogens (primary N) is 1. The quantitative estimate of drug-likeness (QED) is 0.578. The van der Waals surface area contributed by atoms with Gasteiger partial charge in [0.2, 0.25) is 5.55 Å². The van der Waals surface area contributed by atoms with E-state index in [9.17, 15) is 14.9 Å². The van der Waals surface area contributed by atoms with Crippen molar-refractivity contribution in [1.29, 1.82) is 0 Å².